The molecule has 0 aliphatic rings. The number of aldehydes is 1. The van der Waals surface area contributed by atoms with E-state index in [1.54, 1.807) is 18.3 Å². The maximum atomic E-state index is 10.8. The lowest BCUT2D eigenvalue weighted by atomic mass is 10.3. The van der Waals surface area contributed by atoms with Crippen LogP contribution in [0, 0.1) is 6.92 Å². The van der Waals surface area contributed by atoms with Crippen LogP contribution in [0.4, 0.5) is 0 Å². The number of nitrogens with zero attached hydrogens (tertiary/aromatic N) is 1. The van der Waals surface area contributed by atoms with E-state index in [0.717, 1.165) is 12.0 Å². The largest absolute Gasteiger partial charge is 0.318 e. The van der Waals surface area contributed by atoms with Crippen LogP contribution in [0.2, 0.25) is 10.0 Å². The summed E-state index contributed by atoms with van der Waals surface area (Å²) in [5, 5.41) is 1.05. The van der Waals surface area contributed by atoms with Gasteiger partial charge in [-0.15, -0.1) is 0 Å². The normalized spacial score (nSPS) is 10.8. The average Bonchev–Trinajstić information content (AvgIpc) is 2.43. The fourth-order valence-electron chi connectivity index (χ4n) is 1.54. The van der Waals surface area contributed by atoms with Gasteiger partial charge in [-0.25, -0.2) is 0 Å². The molecule has 4 heteroatoms. The highest BCUT2D eigenvalue weighted by Crippen LogP contribution is 2.26. The van der Waals surface area contributed by atoms with Gasteiger partial charge in [-0.05, 0) is 19.1 Å². The van der Waals surface area contributed by atoms with Gasteiger partial charge in [0.1, 0.15) is 0 Å². The Bertz CT molecular complexity index is 516. The van der Waals surface area contributed by atoms with E-state index in [0.29, 0.717) is 21.1 Å². The van der Waals surface area contributed by atoms with Crippen molar-refractivity contribution in [3.05, 3.63) is 39.6 Å². The van der Waals surface area contributed by atoms with E-state index in [1.165, 1.54) is 0 Å². The van der Waals surface area contributed by atoms with Gasteiger partial charge in [0, 0.05) is 17.5 Å². The maximum Gasteiger partial charge on any atom is 0.152 e. The van der Waals surface area contributed by atoms with E-state index in [4.69, 9.17) is 23.2 Å². The molecule has 2 heterocycles. The molecular weight excluding hydrogens is 221 g/mol. The predicted molar refractivity (Wildman–Crippen MR) is 57.5 cm³/mol. The first-order chi connectivity index (χ1) is 6.63. The molecule has 0 unspecified atom stereocenters. The molecule has 0 aliphatic heterocycles. The van der Waals surface area contributed by atoms with E-state index in [9.17, 15) is 4.79 Å². The monoisotopic (exact) mass is 227 g/mol. The molecule has 0 aliphatic carbocycles. The topological polar surface area (TPSA) is 21.5 Å². The summed E-state index contributed by atoms with van der Waals surface area (Å²) in [6, 6.07) is 3.41. The molecule has 2 aromatic heterocycles. The summed E-state index contributed by atoms with van der Waals surface area (Å²) in [6.45, 7) is 1.90. The quantitative estimate of drug-likeness (QED) is 0.685. The SMILES string of the molecule is Cc1cc(C=O)c2c(Cl)cc(Cl)cn12. The summed E-state index contributed by atoms with van der Waals surface area (Å²) in [5.74, 6) is 0. The highest BCUT2D eigenvalue weighted by Gasteiger charge is 2.09. The van der Waals surface area contributed by atoms with Crippen molar-refractivity contribution < 1.29 is 4.79 Å². The molecule has 0 saturated carbocycles. The lowest BCUT2D eigenvalue weighted by Crippen LogP contribution is -1.88. The number of hydrogen-bond donors (Lipinski definition) is 0. The van der Waals surface area contributed by atoms with Crippen LogP contribution in [0.25, 0.3) is 5.52 Å². The predicted octanol–water partition coefficient (Wildman–Crippen LogP) is 3.37. The van der Waals surface area contributed by atoms with Gasteiger partial charge in [0.15, 0.2) is 6.29 Å². The Kier molecular flexibility index (Phi) is 2.25. The second kappa shape index (κ2) is 3.30. The van der Waals surface area contributed by atoms with Crippen molar-refractivity contribution in [3.63, 3.8) is 0 Å². The number of halogens is 2. The lowest BCUT2D eigenvalue weighted by Gasteiger charge is -2.01. The zero-order chi connectivity index (χ0) is 10.3. The van der Waals surface area contributed by atoms with Crippen molar-refractivity contribution in [2.45, 2.75) is 6.92 Å². The molecule has 2 nitrogen and oxygen atoms in total. The van der Waals surface area contributed by atoms with Crippen molar-refractivity contribution in [2.75, 3.05) is 0 Å². The lowest BCUT2D eigenvalue weighted by molar-refractivity contribution is 0.112. The zero-order valence-corrected chi connectivity index (χ0v) is 8.93. The van der Waals surface area contributed by atoms with E-state index < -0.39 is 0 Å². The molecule has 0 atom stereocenters. The third kappa shape index (κ3) is 1.31. The fourth-order valence-corrected chi connectivity index (χ4v) is 2.12. The Morgan fingerprint density at radius 3 is 2.71 bits per heavy atom. The molecule has 0 aromatic carbocycles. The molecule has 2 aromatic rings. The molecule has 72 valence electrons. The Morgan fingerprint density at radius 1 is 1.36 bits per heavy atom. The highest BCUT2D eigenvalue weighted by molar-refractivity contribution is 6.37. The summed E-state index contributed by atoms with van der Waals surface area (Å²) in [5.41, 5.74) is 2.24. The van der Waals surface area contributed by atoms with Crippen LogP contribution in [0.15, 0.2) is 18.3 Å². The highest BCUT2D eigenvalue weighted by atomic mass is 35.5. The molecular formula is C10H7Cl2NO. The third-order valence-electron chi connectivity index (χ3n) is 2.13. The van der Waals surface area contributed by atoms with E-state index in [2.05, 4.69) is 0 Å². The average molecular weight is 228 g/mol. The number of fused-ring (bicyclic) bond motifs is 1. The first-order valence-corrected chi connectivity index (χ1v) is 4.81. The molecule has 0 saturated heterocycles. The number of aromatic nitrogens is 1. The van der Waals surface area contributed by atoms with E-state index in [1.807, 2.05) is 11.3 Å². The smallest absolute Gasteiger partial charge is 0.152 e. The minimum absolute atomic E-state index is 0.493. The van der Waals surface area contributed by atoms with E-state index >= 15 is 0 Å². The van der Waals surface area contributed by atoms with E-state index in [-0.39, 0.29) is 0 Å². The molecule has 0 spiro atoms. The zero-order valence-electron chi connectivity index (χ0n) is 7.42. The van der Waals surface area contributed by atoms with Crippen molar-refractivity contribution in [3.8, 4) is 0 Å². The number of rotatable bonds is 1. The molecule has 0 fully saturated rings. The number of hydrogen-bond acceptors (Lipinski definition) is 1. The minimum atomic E-state index is 0.493. The number of pyridine rings is 1. The van der Waals surface area contributed by atoms with Crippen LogP contribution in [0.3, 0.4) is 0 Å². The van der Waals surface area contributed by atoms with Crippen LogP contribution in [0.5, 0.6) is 0 Å². The first kappa shape index (κ1) is 9.56. The number of aryl methyl sites for hydroxylation is 1. The number of carbonyl (C=O) groups is 1. The van der Waals surface area contributed by atoms with Crippen molar-refractivity contribution in [2.24, 2.45) is 0 Å². The van der Waals surface area contributed by atoms with Crippen molar-refractivity contribution >= 4 is 35.0 Å². The minimum Gasteiger partial charge on any atom is -0.318 e. The number of carbonyl (C=O) groups excluding carboxylic acids is 1. The Morgan fingerprint density at radius 2 is 2.07 bits per heavy atom. The van der Waals surface area contributed by atoms with Gasteiger partial charge < -0.3 is 4.40 Å². The molecule has 0 radical (unpaired) electrons. The Balaban J connectivity index is 2.96. The summed E-state index contributed by atoms with van der Waals surface area (Å²) in [4.78, 5) is 10.8. The van der Waals surface area contributed by atoms with Crippen molar-refractivity contribution in [1.29, 1.82) is 0 Å². The van der Waals surface area contributed by atoms with Crippen molar-refractivity contribution in [1.82, 2.24) is 4.40 Å². The standard InChI is InChI=1S/C10H7Cl2NO/c1-6-2-7(5-14)10-9(12)3-8(11)4-13(6)10/h2-5H,1H3. The second-order valence-electron chi connectivity index (χ2n) is 3.08. The van der Waals surface area contributed by atoms with Gasteiger partial charge >= 0.3 is 0 Å². The first-order valence-electron chi connectivity index (χ1n) is 4.05. The summed E-state index contributed by atoms with van der Waals surface area (Å²) >= 11 is 11.9. The third-order valence-corrected chi connectivity index (χ3v) is 2.62. The molecule has 14 heavy (non-hydrogen) atoms. The molecule has 0 N–H and O–H groups in total. The van der Waals surface area contributed by atoms with Crippen LogP contribution < -0.4 is 0 Å². The van der Waals surface area contributed by atoms with Crippen LogP contribution >= 0.6 is 23.2 Å². The van der Waals surface area contributed by atoms with Gasteiger partial charge in [-0.1, -0.05) is 23.2 Å². The molecule has 2 rings (SSSR count). The summed E-state index contributed by atoms with van der Waals surface area (Å²) < 4.78 is 1.81. The molecule has 0 bridgehead atoms. The molecule has 0 amide bonds. The summed E-state index contributed by atoms with van der Waals surface area (Å²) in [7, 11) is 0. The van der Waals surface area contributed by atoms with Crippen LogP contribution in [0.1, 0.15) is 16.1 Å². The van der Waals surface area contributed by atoms with Gasteiger partial charge in [0.05, 0.1) is 15.6 Å². The van der Waals surface area contributed by atoms with Gasteiger partial charge in [-0.2, -0.15) is 0 Å². The van der Waals surface area contributed by atoms with Gasteiger partial charge in [0.25, 0.3) is 0 Å². The maximum absolute atomic E-state index is 10.8. The van der Waals surface area contributed by atoms with Crippen LogP contribution in [-0.2, 0) is 0 Å². The van der Waals surface area contributed by atoms with Gasteiger partial charge in [0.2, 0.25) is 0 Å². The fraction of sp³-hybridized carbons (Fsp3) is 0.100. The van der Waals surface area contributed by atoms with Crippen LogP contribution in [-0.4, -0.2) is 10.7 Å². The second-order valence-corrected chi connectivity index (χ2v) is 3.93. The Hall–Kier alpha value is -0.990. The Labute approximate surface area is 91.0 Å². The van der Waals surface area contributed by atoms with Gasteiger partial charge in [-0.3, -0.25) is 4.79 Å². The summed E-state index contributed by atoms with van der Waals surface area (Å²) in [6.07, 6.45) is 2.53.